The highest BCUT2D eigenvalue weighted by molar-refractivity contribution is 6.32. The number of carboxylic acid groups (broad SMARTS) is 1. The number of benzene rings is 2. The van der Waals surface area contributed by atoms with Crippen molar-refractivity contribution in [3.63, 3.8) is 0 Å². The molecular formula is C19H21ClFN3O4. The highest BCUT2D eigenvalue weighted by atomic mass is 35.5. The zero-order valence-corrected chi connectivity index (χ0v) is 16.0. The lowest BCUT2D eigenvalue weighted by Crippen LogP contribution is -2.29. The van der Waals surface area contributed by atoms with E-state index in [0.717, 1.165) is 25.3 Å². The highest BCUT2D eigenvalue weighted by Gasteiger charge is 2.10. The topological polar surface area (TPSA) is 99.7 Å². The summed E-state index contributed by atoms with van der Waals surface area (Å²) in [7, 11) is 0. The molecule has 28 heavy (non-hydrogen) atoms. The van der Waals surface area contributed by atoms with Crippen LogP contribution in [0, 0.1) is 5.82 Å². The summed E-state index contributed by atoms with van der Waals surface area (Å²) < 4.78 is 19.4. The van der Waals surface area contributed by atoms with Crippen LogP contribution < -0.4 is 20.7 Å². The molecule has 0 aliphatic carbocycles. The molecule has 4 N–H and O–H groups in total. The van der Waals surface area contributed by atoms with E-state index in [2.05, 4.69) is 17.6 Å². The van der Waals surface area contributed by atoms with Crippen LogP contribution in [0.1, 0.15) is 26.2 Å². The van der Waals surface area contributed by atoms with Crippen molar-refractivity contribution in [1.82, 2.24) is 5.32 Å². The summed E-state index contributed by atoms with van der Waals surface area (Å²) in [6.07, 6.45) is 1.66. The standard InChI is InChI=1S/C19H21ClFN3O4/c1-2-3-4-9-22-18(25)23-12-5-8-17(14(20)10-12)28-13-6-7-16(15(21)11-13)24-19(26)27/h5-8,10-11,24H,2-4,9H2,1H3,(H,26,27)(H2,22,23,25). The van der Waals surface area contributed by atoms with E-state index in [4.69, 9.17) is 21.4 Å². The summed E-state index contributed by atoms with van der Waals surface area (Å²) in [5, 5.41) is 16.2. The van der Waals surface area contributed by atoms with Gasteiger partial charge in [-0.1, -0.05) is 31.4 Å². The number of ether oxygens (including phenoxy) is 1. The molecule has 3 amide bonds. The van der Waals surface area contributed by atoms with E-state index < -0.39 is 11.9 Å². The monoisotopic (exact) mass is 409 g/mol. The minimum absolute atomic E-state index is 0.143. The van der Waals surface area contributed by atoms with Crippen molar-refractivity contribution >= 4 is 35.1 Å². The number of halogens is 2. The van der Waals surface area contributed by atoms with Crippen LogP contribution in [0.25, 0.3) is 0 Å². The molecule has 0 saturated heterocycles. The van der Waals surface area contributed by atoms with E-state index in [1.807, 2.05) is 5.32 Å². The third-order valence-electron chi connectivity index (χ3n) is 3.67. The van der Waals surface area contributed by atoms with E-state index >= 15 is 0 Å². The normalized spacial score (nSPS) is 10.2. The van der Waals surface area contributed by atoms with Crippen molar-refractivity contribution < 1.29 is 23.8 Å². The van der Waals surface area contributed by atoms with E-state index in [1.165, 1.54) is 24.3 Å². The largest absolute Gasteiger partial charge is 0.465 e. The predicted molar refractivity (Wildman–Crippen MR) is 106 cm³/mol. The Labute approximate surface area is 166 Å². The number of hydrogen-bond acceptors (Lipinski definition) is 3. The molecule has 7 nitrogen and oxygen atoms in total. The maximum Gasteiger partial charge on any atom is 0.409 e. The van der Waals surface area contributed by atoms with Crippen LogP contribution in [-0.4, -0.2) is 23.8 Å². The van der Waals surface area contributed by atoms with Gasteiger partial charge in [0.15, 0.2) is 5.82 Å². The van der Waals surface area contributed by atoms with Crippen LogP contribution >= 0.6 is 11.6 Å². The van der Waals surface area contributed by atoms with E-state index in [1.54, 1.807) is 6.07 Å². The molecule has 0 heterocycles. The molecule has 2 aromatic rings. The average Bonchev–Trinajstić information content (AvgIpc) is 2.63. The van der Waals surface area contributed by atoms with Crippen molar-refractivity contribution in [2.75, 3.05) is 17.2 Å². The zero-order valence-electron chi connectivity index (χ0n) is 15.2. The first-order chi connectivity index (χ1) is 13.4. The summed E-state index contributed by atoms with van der Waals surface area (Å²) in [5.74, 6) is -0.382. The maximum atomic E-state index is 13.9. The lowest BCUT2D eigenvalue weighted by molar-refractivity contribution is 0.209. The van der Waals surface area contributed by atoms with Gasteiger partial charge >= 0.3 is 12.1 Å². The minimum atomic E-state index is -1.37. The first-order valence-corrected chi connectivity index (χ1v) is 9.08. The number of carbonyl (C=O) groups excluding carboxylic acids is 1. The van der Waals surface area contributed by atoms with Gasteiger partial charge in [0.25, 0.3) is 0 Å². The van der Waals surface area contributed by atoms with E-state index in [0.29, 0.717) is 12.2 Å². The average molecular weight is 410 g/mol. The number of amides is 3. The lowest BCUT2D eigenvalue weighted by atomic mass is 10.2. The Hall–Kier alpha value is -3.00. The second-order valence-electron chi connectivity index (χ2n) is 5.91. The summed E-state index contributed by atoms with van der Waals surface area (Å²) in [5.41, 5.74) is 0.299. The Morgan fingerprint density at radius 1 is 1.14 bits per heavy atom. The third-order valence-corrected chi connectivity index (χ3v) is 3.96. The lowest BCUT2D eigenvalue weighted by Gasteiger charge is -2.12. The van der Waals surface area contributed by atoms with Crippen LogP contribution in [-0.2, 0) is 0 Å². The van der Waals surface area contributed by atoms with E-state index in [9.17, 15) is 14.0 Å². The summed E-state index contributed by atoms with van der Waals surface area (Å²) in [6.45, 7) is 2.67. The second kappa shape index (κ2) is 10.4. The first-order valence-electron chi connectivity index (χ1n) is 8.70. The van der Waals surface area contributed by atoms with Crippen molar-refractivity contribution in [2.45, 2.75) is 26.2 Å². The van der Waals surface area contributed by atoms with Gasteiger partial charge < -0.3 is 20.5 Å². The Morgan fingerprint density at radius 2 is 1.93 bits per heavy atom. The van der Waals surface area contributed by atoms with E-state index in [-0.39, 0.29) is 28.2 Å². The molecule has 150 valence electrons. The fourth-order valence-electron chi connectivity index (χ4n) is 2.32. The molecule has 0 aromatic heterocycles. The quantitative estimate of drug-likeness (QED) is 0.422. The summed E-state index contributed by atoms with van der Waals surface area (Å²) >= 11 is 6.17. The molecular weight excluding hydrogens is 389 g/mol. The van der Waals surface area contributed by atoms with Crippen LogP contribution in [0.3, 0.4) is 0 Å². The van der Waals surface area contributed by atoms with Crippen molar-refractivity contribution in [2.24, 2.45) is 0 Å². The van der Waals surface area contributed by atoms with Gasteiger partial charge in [-0.2, -0.15) is 0 Å². The first kappa shape index (κ1) is 21.3. The smallest absolute Gasteiger partial charge is 0.409 e. The van der Waals surface area contributed by atoms with Crippen molar-refractivity contribution in [1.29, 1.82) is 0 Å². The maximum absolute atomic E-state index is 13.9. The number of hydrogen-bond donors (Lipinski definition) is 4. The summed E-state index contributed by atoms with van der Waals surface area (Å²) in [4.78, 5) is 22.4. The molecule has 0 aliphatic heterocycles. The number of carbonyl (C=O) groups is 2. The molecule has 2 rings (SSSR count). The molecule has 2 aromatic carbocycles. The zero-order chi connectivity index (χ0) is 20.5. The van der Waals surface area contributed by atoms with Gasteiger partial charge in [-0.3, -0.25) is 5.32 Å². The van der Waals surface area contributed by atoms with Crippen LogP contribution in [0.4, 0.5) is 25.4 Å². The van der Waals surface area contributed by atoms with Crippen molar-refractivity contribution in [3.8, 4) is 11.5 Å². The second-order valence-corrected chi connectivity index (χ2v) is 6.31. The fraction of sp³-hybridized carbons (Fsp3) is 0.263. The van der Waals surface area contributed by atoms with Gasteiger partial charge in [0.05, 0.1) is 10.7 Å². The Bertz CT molecular complexity index is 848. The number of urea groups is 1. The molecule has 0 bridgehead atoms. The van der Waals surface area contributed by atoms with Crippen LogP contribution in [0.2, 0.25) is 5.02 Å². The third kappa shape index (κ3) is 6.62. The number of nitrogens with one attached hydrogen (secondary N) is 3. The molecule has 9 heteroatoms. The van der Waals surface area contributed by atoms with Gasteiger partial charge in [0.2, 0.25) is 0 Å². The van der Waals surface area contributed by atoms with Crippen molar-refractivity contribution in [3.05, 3.63) is 47.2 Å². The number of rotatable bonds is 8. The Balaban J connectivity index is 1.97. The Kier molecular flexibility index (Phi) is 7.88. The van der Waals surface area contributed by atoms with Gasteiger partial charge in [-0.15, -0.1) is 0 Å². The van der Waals surface area contributed by atoms with Gasteiger partial charge in [0.1, 0.15) is 11.5 Å². The van der Waals surface area contributed by atoms with Crippen LogP contribution in [0.15, 0.2) is 36.4 Å². The minimum Gasteiger partial charge on any atom is -0.465 e. The van der Waals surface area contributed by atoms with Crippen LogP contribution in [0.5, 0.6) is 11.5 Å². The molecule has 0 atom stereocenters. The predicted octanol–water partition coefficient (Wildman–Crippen LogP) is 5.67. The fourth-order valence-corrected chi connectivity index (χ4v) is 2.54. The molecule has 0 radical (unpaired) electrons. The molecule has 0 saturated carbocycles. The van der Waals surface area contributed by atoms with Gasteiger partial charge in [-0.25, -0.2) is 14.0 Å². The molecule has 0 spiro atoms. The van der Waals surface area contributed by atoms with Gasteiger partial charge in [0, 0.05) is 18.3 Å². The number of anilines is 2. The Morgan fingerprint density at radius 3 is 2.57 bits per heavy atom. The summed E-state index contributed by atoms with van der Waals surface area (Å²) in [6, 6.07) is 8.01. The molecule has 0 aliphatic rings. The molecule has 0 fully saturated rings. The highest BCUT2D eigenvalue weighted by Crippen LogP contribution is 2.32. The molecule has 0 unspecified atom stereocenters. The SMILES string of the molecule is CCCCCNC(=O)Nc1ccc(Oc2ccc(NC(=O)O)c(F)c2)c(Cl)c1. The number of unbranched alkanes of at least 4 members (excludes halogenated alkanes) is 2. The van der Waals surface area contributed by atoms with Gasteiger partial charge in [-0.05, 0) is 36.8 Å².